The molecule has 0 aromatic carbocycles. The van der Waals surface area contributed by atoms with Gasteiger partial charge in [-0.2, -0.15) is 0 Å². The van der Waals surface area contributed by atoms with Gasteiger partial charge in [-0.05, 0) is 12.8 Å². The molecule has 1 aromatic heterocycles. The molecule has 0 aliphatic rings. The molecule has 0 aliphatic heterocycles. The minimum atomic E-state index is -0.00706. The summed E-state index contributed by atoms with van der Waals surface area (Å²) >= 11 is 0. The molecule has 0 fully saturated rings. The van der Waals surface area contributed by atoms with Crippen LogP contribution in [0.15, 0.2) is 0 Å². The van der Waals surface area contributed by atoms with Gasteiger partial charge in [0.25, 0.3) is 0 Å². The Morgan fingerprint density at radius 2 is 2.25 bits per heavy atom. The molecule has 0 atom stereocenters. The Labute approximate surface area is 72.2 Å². The first-order valence-electron chi connectivity index (χ1n) is 4.27. The third kappa shape index (κ3) is 1.82. The van der Waals surface area contributed by atoms with Gasteiger partial charge in [0.2, 0.25) is 0 Å². The van der Waals surface area contributed by atoms with Crippen molar-refractivity contribution >= 4 is 0 Å². The van der Waals surface area contributed by atoms with Gasteiger partial charge in [0, 0.05) is 7.05 Å². The summed E-state index contributed by atoms with van der Waals surface area (Å²) in [7, 11) is 1.86. The van der Waals surface area contributed by atoms with Crippen LogP contribution in [-0.4, -0.2) is 20.1 Å². The monoisotopic (exact) mass is 169 g/mol. The molecular formula is C8H15N3O. The van der Waals surface area contributed by atoms with Crippen molar-refractivity contribution < 1.29 is 5.11 Å². The van der Waals surface area contributed by atoms with Gasteiger partial charge in [-0.25, -0.2) is 0 Å². The molecule has 1 aromatic rings. The minimum absolute atomic E-state index is 0.00706. The molecule has 68 valence electrons. The highest BCUT2D eigenvalue weighted by Crippen LogP contribution is 2.07. The lowest BCUT2D eigenvalue weighted by atomic mass is 10.2. The van der Waals surface area contributed by atoms with E-state index in [0.29, 0.717) is 5.69 Å². The summed E-state index contributed by atoms with van der Waals surface area (Å²) in [5.41, 5.74) is 1.77. The highest BCUT2D eigenvalue weighted by atomic mass is 16.3. The molecule has 4 nitrogen and oxygen atoms in total. The molecule has 0 spiro atoms. The number of aromatic nitrogens is 3. The van der Waals surface area contributed by atoms with Crippen molar-refractivity contribution in [2.45, 2.75) is 32.8 Å². The molecule has 0 radical (unpaired) electrons. The zero-order chi connectivity index (χ0) is 8.97. The topological polar surface area (TPSA) is 50.9 Å². The maximum Gasteiger partial charge on any atom is 0.111 e. The van der Waals surface area contributed by atoms with Crippen molar-refractivity contribution in [3.63, 3.8) is 0 Å². The van der Waals surface area contributed by atoms with Crippen molar-refractivity contribution in [3.05, 3.63) is 11.4 Å². The SMILES string of the molecule is CCCCc1c(CO)nnn1C. The molecule has 1 N–H and O–H groups in total. The Morgan fingerprint density at radius 1 is 1.50 bits per heavy atom. The first kappa shape index (κ1) is 9.19. The Hall–Kier alpha value is -0.900. The van der Waals surface area contributed by atoms with Gasteiger partial charge in [-0.15, -0.1) is 5.10 Å². The number of aliphatic hydroxyl groups is 1. The van der Waals surface area contributed by atoms with Crippen molar-refractivity contribution in [1.82, 2.24) is 15.0 Å². The van der Waals surface area contributed by atoms with Gasteiger partial charge in [-0.3, -0.25) is 4.68 Å². The second-order valence-electron chi connectivity index (χ2n) is 2.87. The largest absolute Gasteiger partial charge is 0.390 e. The fourth-order valence-corrected chi connectivity index (χ4v) is 1.19. The van der Waals surface area contributed by atoms with Crippen LogP contribution >= 0.6 is 0 Å². The van der Waals surface area contributed by atoms with E-state index >= 15 is 0 Å². The number of aryl methyl sites for hydroxylation is 1. The van der Waals surface area contributed by atoms with Crippen LogP contribution in [-0.2, 0) is 20.1 Å². The molecule has 0 saturated heterocycles. The molecule has 12 heavy (non-hydrogen) atoms. The maximum atomic E-state index is 8.92. The van der Waals surface area contributed by atoms with Gasteiger partial charge in [0.05, 0.1) is 12.3 Å². The van der Waals surface area contributed by atoms with E-state index in [-0.39, 0.29) is 6.61 Å². The van der Waals surface area contributed by atoms with E-state index in [1.807, 2.05) is 7.05 Å². The quantitative estimate of drug-likeness (QED) is 0.720. The molecule has 0 aliphatic carbocycles. The fourth-order valence-electron chi connectivity index (χ4n) is 1.19. The second kappa shape index (κ2) is 4.21. The van der Waals surface area contributed by atoms with Gasteiger partial charge >= 0.3 is 0 Å². The van der Waals surface area contributed by atoms with Crippen molar-refractivity contribution in [2.75, 3.05) is 0 Å². The molecule has 0 bridgehead atoms. The normalized spacial score (nSPS) is 10.6. The summed E-state index contributed by atoms with van der Waals surface area (Å²) in [4.78, 5) is 0. The van der Waals surface area contributed by atoms with Gasteiger partial charge in [0.15, 0.2) is 0 Å². The Balaban J connectivity index is 2.72. The standard InChI is InChI=1S/C8H15N3O/c1-3-4-5-8-7(6-12)9-10-11(8)2/h12H,3-6H2,1-2H3. The molecule has 1 rings (SSSR count). The number of hydrogen-bond acceptors (Lipinski definition) is 3. The molecule has 1 heterocycles. The molecule has 0 amide bonds. The summed E-state index contributed by atoms with van der Waals surface area (Å²) in [5.74, 6) is 0. The maximum absolute atomic E-state index is 8.92. The van der Waals surface area contributed by atoms with Crippen LogP contribution in [0.4, 0.5) is 0 Å². The Morgan fingerprint density at radius 3 is 2.83 bits per heavy atom. The molecule has 0 unspecified atom stereocenters. The number of hydrogen-bond donors (Lipinski definition) is 1. The van der Waals surface area contributed by atoms with E-state index in [2.05, 4.69) is 17.2 Å². The van der Waals surface area contributed by atoms with Gasteiger partial charge < -0.3 is 5.11 Å². The highest BCUT2D eigenvalue weighted by Gasteiger charge is 2.07. The smallest absolute Gasteiger partial charge is 0.111 e. The van der Waals surface area contributed by atoms with E-state index < -0.39 is 0 Å². The van der Waals surface area contributed by atoms with E-state index in [4.69, 9.17) is 5.11 Å². The van der Waals surface area contributed by atoms with Crippen LogP contribution in [0.25, 0.3) is 0 Å². The third-order valence-corrected chi connectivity index (χ3v) is 1.94. The summed E-state index contributed by atoms with van der Waals surface area (Å²) in [6.45, 7) is 2.13. The van der Waals surface area contributed by atoms with Gasteiger partial charge in [0.1, 0.15) is 5.69 Å². The highest BCUT2D eigenvalue weighted by molar-refractivity contribution is 5.08. The van der Waals surface area contributed by atoms with E-state index in [0.717, 1.165) is 25.0 Å². The first-order valence-corrected chi connectivity index (χ1v) is 4.27. The fraction of sp³-hybridized carbons (Fsp3) is 0.750. The minimum Gasteiger partial charge on any atom is -0.390 e. The average Bonchev–Trinajstić information content (AvgIpc) is 2.43. The van der Waals surface area contributed by atoms with E-state index in [9.17, 15) is 0 Å². The lowest BCUT2D eigenvalue weighted by Gasteiger charge is -2.00. The van der Waals surface area contributed by atoms with Crippen molar-refractivity contribution in [3.8, 4) is 0 Å². The first-order chi connectivity index (χ1) is 5.79. The third-order valence-electron chi connectivity index (χ3n) is 1.94. The van der Waals surface area contributed by atoms with E-state index in [1.165, 1.54) is 0 Å². The summed E-state index contributed by atoms with van der Waals surface area (Å²) in [6.07, 6.45) is 3.22. The molecule has 4 heteroatoms. The zero-order valence-corrected chi connectivity index (χ0v) is 7.62. The number of unbranched alkanes of at least 4 members (excludes halogenated alkanes) is 1. The summed E-state index contributed by atoms with van der Waals surface area (Å²) in [5, 5.41) is 16.6. The number of nitrogens with zero attached hydrogens (tertiary/aromatic N) is 3. The predicted molar refractivity (Wildman–Crippen MR) is 45.5 cm³/mol. The summed E-state index contributed by atoms with van der Waals surface area (Å²) in [6, 6.07) is 0. The Kier molecular flexibility index (Phi) is 3.22. The Bertz CT molecular complexity index is 244. The van der Waals surface area contributed by atoms with Crippen molar-refractivity contribution in [1.29, 1.82) is 0 Å². The predicted octanol–water partition coefficient (Wildman–Crippen LogP) is 0.650. The van der Waals surface area contributed by atoms with Crippen LogP contribution < -0.4 is 0 Å². The number of aliphatic hydroxyl groups excluding tert-OH is 1. The van der Waals surface area contributed by atoms with Crippen LogP contribution in [0.1, 0.15) is 31.2 Å². The van der Waals surface area contributed by atoms with Crippen LogP contribution in [0.5, 0.6) is 0 Å². The zero-order valence-electron chi connectivity index (χ0n) is 7.62. The van der Waals surface area contributed by atoms with E-state index in [1.54, 1.807) is 4.68 Å². The lowest BCUT2D eigenvalue weighted by Crippen LogP contribution is -2.00. The summed E-state index contributed by atoms with van der Waals surface area (Å²) < 4.78 is 1.74. The van der Waals surface area contributed by atoms with Crippen LogP contribution in [0, 0.1) is 0 Å². The van der Waals surface area contributed by atoms with Gasteiger partial charge in [-0.1, -0.05) is 18.6 Å². The second-order valence-corrected chi connectivity index (χ2v) is 2.87. The molecular weight excluding hydrogens is 154 g/mol. The van der Waals surface area contributed by atoms with Crippen molar-refractivity contribution in [2.24, 2.45) is 7.05 Å². The average molecular weight is 169 g/mol. The number of rotatable bonds is 4. The molecule has 0 saturated carbocycles. The van der Waals surface area contributed by atoms with Crippen LogP contribution in [0.3, 0.4) is 0 Å². The lowest BCUT2D eigenvalue weighted by molar-refractivity contribution is 0.275. The van der Waals surface area contributed by atoms with Crippen LogP contribution in [0.2, 0.25) is 0 Å².